The average Bonchev–Trinajstić information content (AvgIpc) is 2.52. The first-order chi connectivity index (χ1) is 10.5. The van der Waals surface area contributed by atoms with Crippen LogP contribution in [0.1, 0.15) is 48.3 Å². The van der Waals surface area contributed by atoms with Gasteiger partial charge in [0, 0.05) is 32.5 Å². The number of halogens is 4. The number of aryl methyl sites for hydroxylation is 1. The smallest absolute Gasteiger partial charge is 0.250 e. The highest BCUT2D eigenvalue weighted by Gasteiger charge is 2.34. The number of nitrogens with one attached hydrogen (secondary N) is 1. The highest BCUT2D eigenvalue weighted by molar-refractivity contribution is 5.85. The summed E-state index contributed by atoms with van der Waals surface area (Å²) in [6.07, 6.45) is 2.35. The first kappa shape index (κ1) is 21.6. The minimum absolute atomic E-state index is 0. The molecule has 6 heteroatoms. The fourth-order valence-corrected chi connectivity index (χ4v) is 3.65. The van der Waals surface area contributed by atoms with E-state index < -0.39 is 5.92 Å². The van der Waals surface area contributed by atoms with Crippen molar-refractivity contribution in [3.05, 3.63) is 34.9 Å². The van der Waals surface area contributed by atoms with Crippen LogP contribution in [0.25, 0.3) is 0 Å². The van der Waals surface area contributed by atoms with Crippen LogP contribution in [-0.2, 0) is 6.54 Å². The van der Waals surface area contributed by atoms with Crippen LogP contribution in [0.4, 0.5) is 8.78 Å². The molecule has 0 radical (unpaired) electrons. The quantitative estimate of drug-likeness (QED) is 0.827. The zero-order valence-corrected chi connectivity index (χ0v) is 15.8. The van der Waals surface area contributed by atoms with Crippen LogP contribution in [-0.4, -0.2) is 37.0 Å². The summed E-state index contributed by atoms with van der Waals surface area (Å²) in [6.45, 7) is 6.12. The molecule has 2 aliphatic rings. The standard InChI is InChI=1S/C18H26F2N2.2ClH/c1-14-2-3-16(13-22-10-6-18(19,20)7-11-22)17(12-14)15-4-8-21-9-5-15;;/h2-3,12,15,21H,4-11,13H2,1H3;2*1H. The molecule has 0 unspecified atom stereocenters. The molecule has 3 rings (SSSR count). The van der Waals surface area contributed by atoms with Gasteiger partial charge in [0.2, 0.25) is 0 Å². The summed E-state index contributed by atoms with van der Waals surface area (Å²) in [7, 11) is 0. The van der Waals surface area contributed by atoms with E-state index in [0.717, 1.165) is 19.6 Å². The Morgan fingerprint density at radius 1 is 1.12 bits per heavy atom. The first-order valence-electron chi connectivity index (χ1n) is 8.44. The van der Waals surface area contributed by atoms with Crippen molar-refractivity contribution in [3.63, 3.8) is 0 Å². The minimum atomic E-state index is -2.46. The molecule has 0 aliphatic carbocycles. The van der Waals surface area contributed by atoms with Gasteiger partial charge in [-0.3, -0.25) is 4.90 Å². The van der Waals surface area contributed by atoms with E-state index in [2.05, 4.69) is 35.3 Å². The highest BCUT2D eigenvalue weighted by atomic mass is 35.5. The molecular formula is C18H28Cl2F2N2. The van der Waals surface area contributed by atoms with Gasteiger partial charge in [-0.2, -0.15) is 0 Å². The van der Waals surface area contributed by atoms with Crippen molar-refractivity contribution in [2.75, 3.05) is 26.2 Å². The third-order valence-corrected chi connectivity index (χ3v) is 5.06. The van der Waals surface area contributed by atoms with Gasteiger partial charge in [0.25, 0.3) is 5.92 Å². The van der Waals surface area contributed by atoms with E-state index in [-0.39, 0.29) is 37.7 Å². The second-order valence-corrected chi connectivity index (χ2v) is 6.86. The molecule has 1 aromatic carbocycles. The summed E-state index contributed by atoms with van der Waals surface area (Å²) >= 11 is 0. The molecule has 2 saturated heterocycles. The van der Waals surface area contributed by atoms with E-state index in [1.807, 2.05) is 0 Å². The summed E-state index contributed by atoms with van der Waals surface area (Å²) in [6, 6.07) is 6.67. The number of likely N-dealkylation sites (tertiary alicyclic amines) is 1. The van der Waals surface area contributed by atoms with Gasteiger partial charge in [0.15, 0.2) is 0 Å². The fraction of sp³-hybridized carbons (Fsp3) is 0.667. The third kappa shape index (κ3) is 5.55. The molecular weight excluding hydrogens is 353 g/mol. The summed E-state index contributed by atoms with van der Waals surface area (Å²) in [5, 5.41) is 3.42. The van der Waals surface area contributed by atoms with Crippen LogP contribution >= 0.6 is 24.8 Å². The normalized spacial score (nSPS) is 21.6. The van der Waals surface area contributed by atoms with Crippen LogP contribution < -0.4 is 5.32 Å². The van der Waals surface area contributed by atoms with Gasteiger partial charge in [-0.15, -0.1) is 24.8 Å². The van der Waals surface area contributed by atoms with Crippen LogP contribution in [0.5, 0.6) is 0 Å². The lowest BCUT2D eigenvalue weighted by Crippen LogP contribution is -2.39. The van der Waals surface area contributed by atoms with E-state index in [0.29, 0.717) is 19.0 Å². The predicted octanol–water partition coefficient (Wildman–Crippen LogP) is 4.54. The van der Waals surface area contributed by atoms with Crippen LogP contribution in [0, 0.1) is 6.92 Å². The lowest BCUT2D eigenvalue weighted by molar-refractivity contribution is -0.0567. The van der Waals surface area contributed by atoms with Crippen molar-refractivity contribution in [3.8, 4) is 0 Å². The highest BCUT2D eigenvalue weighted by Crippen LogP contribution is 2.32. The zero-order chi connectivity index (χ0) is 15.6. The number of hydrogen-bond donors (Lipinski definition) is 1. The van der Waals surface area contributed by atoms with E-state index in [4.69, 9.17) is 0 Å². The van der Waals surface area contributed by atoms with E-state index >= 15 is 0 Å². The Morgan fingerprint density at radius 3 is 2.38 bits per heavy atom. The Labute approximate surface area is 156 Å². The number of nitrogens with zero attached hydrogens (tertiary/aromatic N) is 1. The Morgan fingerprint density at radius 2 is 1.75 bits per heavy atom. The molecule has 2 heterocycles. The number of alkyl halides is 2. The molecule has 138 valence electrons. The largest absolute Gasteiger partial charge is 0.317 e. The van der Waals surface area contributed by atoms with Crippen LogP contribution in [0.15, 0.2) is 18.2 Å². The Bertz CT molecular complexity index is 510. The molecule has 0 saturated carbocycles. The first-order valence-corrected chi connectivity index (χ1v) is 8.44. The fourth-order valence-electron chi connectivity index (χ4n) is 3.65. The molecule has 2 fully saturated rings. The molecule has 0 bridgehead atoms. The number of piperidine rings is 2. The van der Waals surface area contributed by atoms with Crippen LogP contribution in [0.3, 0.4) is 0 Å². The topological polar surface area (TPSA) is 15.3 Å². The van der Waals surface area contributed by atoms with Gasteiger partial charge in [-0.25, -0.2) is 8.78 Å². The van der Waals surface area contributed by atoms with Gasteiger partial charge in [0.1, 0.15) is 0 Å². The number of rotatable bonds is 3. The average molecular weight is 381 g/mol. The van der Waals surface area contributed by atoms with Crippen molar-refractivity contribution in [2.24, 2.45) is 0 Å². The lowest BCUT2D eigenvalue weighted by Gasteiger charge is -2.33. The van der Waals surface area contributed by atoms with E-state index in [1.54, 1.807) is 0 Å². The summed E-state index contributed by atoms with van der Waals surface area (Å²) in [4.78, 5) is 2.19. The maximum atomic E-state index is 13.3. The van der Waals surface area contributed by atoms with Crippen molar-refractivity contribution in [2.45, 2.75) is 51.0 Å². The summed E-state index contributed by atoms with van der Waals surface area (Å²) in [5.41, 5.74) is 4.07. The Hall–Kier alpha value is -0.420. The minimum Gasteiger partial charge on any atom is -0.317 e. The van der Waals surface area contributed by atoms with Crippen molar-refractivity contribution >= 4 is 24.8 Å². The molecule has 0 spiro atoms. The van der Waals surface area contributed by atoms with Crippen molar-refractivity contribution < 1.29 is 8.78 Å². The Balaban J connectivity index is 0.00000144. The Kier molecular flexibility index (Phi) is 8.40. The van der Waals surface area contributed by atoms with Gasteiger partial charge >= 0.3 is 0 Å². The SMILES string of the molecule is Cc1ccc(CN2CCC(F)(F)CC2)c(C2CCNCC2)c1.Cl.Cl. The van der Waals surface area contributed by atoms with E-state index in [9.17, 15) is 8.78 Å². The molecule has 1 N–H and O–H groups in total. The maximum absolute atomic E-state index is 13.3. The molecule has 1 aromatic rings. The van der Waals surface area contributed by atoms with Gasteiger partial charge in [0.05, 0.1) is 0 Å². The summed E-state index contributed by atoms with van der Waals surface area (Å²) < 4.78 is 26.6. The van der Waals surface area contributed by atoms with Gasteiger partial charge < -0.3 is 5.32 Å². The monoisotopic (exact) mass is 380 g/mol. The maximum Gasteiger partial charge on any atom is 0.250 e. The van der Waals surface area contributed by atoms with Crippen molar-refractivity contribution in [1.29, 1.82) is 0 Å². The summed E-state index contributed by atoms with van der Waals surface area (Å²) in [5.74, 6) is -1.84. The van der Waals surface area contributed by atoms with Crippen molar-refractivity contribution in [1.82, 2.24) is 10.2 Å². The van der Waals surface area contributed by atoms with Gasteiger partial charge in [-0.1, -0.05) is 23.8 Å². The molecule has 0 aromatic heterocycles. The molecule has 0 amide bonds. The molecule has 2 nitrogen and oxygen atoms in total. The number of benzene rings is 1. The molecule has 2 aliphatic heterocycles. The van der Waals surface area contributed by atoms with Gasteiger partial charge in [-0.05, 0) is 49.9 Å². The second kappa shape index (κ2) is 9.33. The second-order valence-electron chi connectivity index (χ2n) is 6.86. The zero-order valence-electron chi connectivity index (χ0n) is 14.2. The molecule has 24 heavy (non-hydrogen) atoms. The predicted molar refractivity (Wildman–Crippen MR) is 100.0 cm³/mol. The van der Waals surface area contributed by atoms with E-state index in [1.165, 1.54) is 29.5 Å². The number of hydrogen-bond acceptors (Lipinski definition) is 2. The third-order valence-electron chi connectivity index (χ3n) is 5.06. The van der Waals surface area contributed by atoms with Crippen LogP contribution in [0.2, 0.25) is 0 Å². The molecule has 0 atom stereocenters. The lowest BCUT2D eigenvalue weighted by atomic mass is 9.86.